The fraction of sp³-hybridized carbons (Fsp3) is 0.586. The van der Waals surface area contributed by atoms with E-state index in [0.29, 0.717) is 35.5 Å². The monoisotopic (exact) mass is 526 g/mol. The van der Waals surface area contributed by atoms with Crippen molar-refractivity contribution in [2.24, 2.45) is 11.8 Å². The number of aryl methyl sites for hydroxylation is 1. The quantitative estimate of drug-likeness (QED) is 0.219. The number of unbranched alkanes of at least 4 members (excludes halogenated alkanes) is 1. The number of hydrogen-bond acceptors (Lipinski definition) is 7. The smallest absolute Gasteiger partial charge is 0.156 e. The van der Waals surface area contributed by atoms with Crippen LogP contribution in [0.3, 0.4) is 0 Å². The zero-order valence-corrected chi connectivity index (χ0v) is 23.8. The van der Waals surface area contributed by atoms with Crippen molar-refractivity contribution in [1.82, 2.24) is 14.9 Å². The second-order valence-corrected chi connectivity index (χ2v) is 10.5. The summed E-state index contributed by atoms with van der Waals surface area (Å²) in [7, 11) is 0. The Morgan fingerprint density at radius 2 is 2.03 bits per heavy atom. The van der Waals surface area contributed by atoms with E-state index < -0.39 is 0 Å². The van der Waals surface area contributed by atoms with Crippen molar-refractivity contribution in [3.8, 4) is 0 Å². The van der Waals surface area contributed by atoms with Crippen LogP contribution in [-0.2, 0) is 4.79 Å². The molecule has 4 rings (SSSR count). The van der Waals surface area contributed by atoms with Gasteiger partial charge in [0, 0.05) is 31.1 Å². The molecule has 0 saturated carbocycles. The summed E-state index contributed by atoms with van der Waals surface area (Å²) >= 11 is 6.14. The molecule has 1 aromatic heterocycles. The molecule has 0 amide bonds. The van der Waals surface area contributed by atoms with E-state index in [1.54, 1.807) is 13.1 Å². The SMILES string of the molecule is CC.CC(=N)c1ncc(N2CC(C3CCCN(CCCC=O)C3)C2)nc1NC(C)c1ccc(Cl)cc1C. The number of likely N-dealkylation sites (tertiary alicyclic amines) is 1. The van der Waals surface area contributed by atoms with Gasteiger partial charge in [0.2, 0.25) is 0 Å². The number of piperidine rings is 1. The first-order valence-electron chi connectivity index (χ1n) is 13.7. The van der Waals surface area contributed by atoms with Crippen molar-refractivity contribution >= 4 is 35.2 Å². The second-order valence-electron chi connectivity index (χ2n) is 10.1. The third-order valence-corrected chi connectivity index (χ3v) is 7.64. The van der Waals surface area contributed by atoms with E-state index in [0.717, 1.165) is 67.4 Å². The van der Waals surface area contributed by atoms with Crippen molar-refractivity contribution in [3.05, 3.63) is 46.2 Å². The molecule has 2 saturated heterocycles. The molecule has 1 aromatic carbocycles. The minimum Gasteiger partial charge on any atom is -0.362 e. The number of rotatable bonds is 10. The highest BCUT2D eigenvalue weighted by atomic mass is 35.5. The van der Waals surface area contributed by atoms with Crippen LogP contribution in [0.25, 0.3) is 0 Å². The van der Waals surface area contributed by atoms with E-state index in [4.69, 9.17) is 22.0 Å². The summed E-state index contributed by atoms with van der Waals surface area (Å²) in [6, 6.07) is 5.92. The molecule has 2 aromatic rings. The van der Waals surface area contributed by atoms with Crippen molar-refractivity contribution in [2.75, 3.05) is 42.9 Å². The third kappa shape index (κ3) is 7.51. The van der Waals surface area contributed by atoms with Crippen molar-refractivity contribution in [3.63, 3.8) is 0 Å². The number of nitrogens with one attached hydrogen (secondary N) is 2. The fourth-order valence-electron chi connectivity index (χ4n) is 5.39. The molecule has 8 heteroatoms. The predicted octanol–water partition coefficient (Wildman–Crippen LogP) is 6.15. The molecule has 2 aliphatic heterocycles. The lowest BCUT2D eigenvalue weighted by Crippen LogP contribution is -2.54. The van der Waals surface area contributed by atoms with Crippen LogP contribution in [0.1, 0.15) is 76.2 Å². The molecule has 202 valence electrons. The van der Waals surface area contributed by atoms with E-state index in [1.165, 1.54) is 12.8 Å². The lowest BCUT2D eigenvalue weighted by Gasteiger charge is -2.47. The van der Waals surface area contributed by atoms with Gasteiger partial charge in [0.1, 0.15) is 17.8 Å². The Balaban J connectivity index is 0.00000186. The molecular formula is C29H43ClN6O. The molecule has 0 aliphatic carbocycles. The number of halogens is 1. The largest absolute Gasteiger partial charge is 0.362 e. The second kappa shape index (κ2) is 13.9. The molecule has 2 fully saturated rings. The van der Waals surface area contributed by atoms with E-state index in [9.17, 15) is 4.79 Å². The number of hydrogen-bond donors (Lipinski definition) is 2. The third-order valence-electron chi connectivity index (χ3n) is 7.41. The maximum atomic E-state index is 10.6. The number of aromatic nitrogens is 2. The van der Waals surface area contributed by atoms with Gasteiger partial charge in [-0.1, -0.05) is 31.5 Å². The molecule has 0 radical (unpaired) electrons. The van der Waals surface area contributed by atoms with Crippen LogP contribution >= 0.6 is 11.6 Å². The van der Waals surface area contributed by atoms with Gasteiger partial charge in [-0.2, -0.15) is 0 Å². The summed E-state index contributed by atoms with van der Waals surface area (Å²) in [5.74, 6) is 2.89. The molecule has 0 bridgehead atoms. The summed E-state index contributed by atoms with van der Waals surface area (Å²) < 4.78 is 0. The van der Waals surface area contributed by atoms with Gasteiger partial charge in [-0.3, -0.25) is 0 Å². The topological polar surface area (TPSA) is 85.2 Å². The van der Waals surface area contributed by atoms with Crippen molar-refractivity contribution in [2.45, 2.75) is 66.3 Å². The lowest BCUT2D eigenvalue weighted by atomic mass is 9.80. The van der Waals surface area contributed by atoms with E-state index in [-0.39, 0.29) is 6.04 Å². The molecular weight excluding hydrogens is 484 g/mol. The summed E-state index contributed by atoms with van der Waals surface area (Å²) in [4.78, 5) is 25.0. The Hall–Kier alpha value is -2.51. The number of benzene rings is 1. The van der Waals surface area contributed by atoms with Crippen LogP contribution < -0.4 is 10.2 Å². The summed E-state index contributed by atoms with van der Waals surface area (Å²) in [6.45, 7) is 15.2. The summed E-state index contributed by atoms with van der Waals surface area (Å²) in [6.07, 6.45) is 6.98. The molecule has 0 spiro atoms. The van der Waals surface area contributed by atoms with Crippen LogP contribution in [0.2, 0.25) is 5.02 Å². The van der Waals surface area contributed by atoms with Crippen LogP contribution in [0.15, 0.2) is 24.4 Å². The first-order valence-corrected chi connectivity index (χ1v) is 14.1. The van der Waals surface area contributed by atoms with Gasteiger partial charge in [0.25, 0.3) is 0 Å². The highest BCUT2D eigenvalue weighted by molar-refractivity contribution is 6.30. The van der Waals surface area contributed by atoms with Crippen molar-refractivity contribution in [1.29, 1.82) is 5.41 Å². The molecule has 2 atom stereocenters. The Morgan fingerprint density at radius 3 is 2.70 bits per heavy atom. The molecule has 37 heavy (non-hydrogen) atoms. The number of nitrogens with zero attached hydrogens (tertiary/aromatic N) is 4. The summed E-state index contributed by atoms with van der Waals surface area (Å²) in [5.41, 5.74) is 3.25. The standard InChI is InChI=1S/C27H37ClN6O.C2H6/c1-18-13-23(28)8-9-24(18)20(3)31-27-26(19(2)29)30-14-25(32-27)34-16-22(17-34)21-7-6-11-33(15-21)10-4-5-12-35;1-2/h8-9,12-14,20-22,29H,4-7,10-11,15-17H2,1-3H3,(H,31,32);1-2H3. The Bertz CT molecular complexity index is 1050. The van der Waals surface area contributed by atoms with E-state index in [1.807, 2.05) is 32.0 Å². The van der Waals surface area contributed by atoms with Crippen LogP contribution in [0.4, 0.5) is 11.6 Å². The van der Waals surface area contributed by atoms with Gasteiger partial charge in [-0.25, -0.2) is 9.97 Å². The minimum atomic E-state index is 0.00601. The molecule has 7 nitrogen and oxygen atoms in total. The van der Waals surface area contributed by atoms with Crippen molar-refractivity contribution < 1.29 is 4.79 Å². The van der Waals surface area contributed by atoms with Gasteiger partial charge in [0.15, 0.2) is 5.82 Å². The molecule has 3 heterocycles. The normalized spacial score (nSPS) is 18.9. The van der Waals surface area contributed by atoms with Crippen LogP contribution in [0, 0.1) is 24.2 Å². The van der Waals surface area contributed by atoms with Crippen LogP contribution in [-0.4, -0.2) is 59.6 Å². The Morgan fingerprint density at radius 1 is 1.27 bits per heavy atom. The Kier molecular flexibility index (Phi) is 10.9. The number of carbonyl (C=O) groups is 1. The van der Waals surface area contributed by atoms with Gasteiger partial charge < -0.3 is 25.3 Å². The molecule has 2 unspecified atom stereocenters. The highest BCUT2D eigenvalue weighted by Crippen LogP contribution is 2.34. The average Bonchev–Trinajstić information content (AvgIpc) is 2.85. The van der Waals surface area contributed by atoms with Gasteiger partial charge >= 0.3 is 0 Å². The fourth-order valence-corrected chi connectivity index (χ4v) is 5.62. The summed E-state index contributed by atoms with van der Waals surface area (Å²) in [5, 5.41) is 12.4. The average molecular weight is 527 g/mol. The number of carbonyl (C=O) groups excluding carboxylic acids is 1. The minimum absolute atomic E-state index is 0.00601. The maximum Gasteiger partial charge on any atom is 0.156 e. The first-order chi connectivity index (χ1) is 17.9. The maximum absolute atomic E-state index is 10.6. The predicted molar refractivity (Wildman–Crippen MR) is 154 cm³/mol. The molecule has 2 N–H and O–H groups in total. The van der Waals surface area contributed by atoms with E-state index in [2.05, 4.69) is 33.9 Å². The van der Waals surface area contributed by atoms with Gasteiger partial charge in [-0.05, 0) is 88.2 Å². The van der Waals surface area contributed by atoms with Gasteiger partial charge in [-0.15, -0.1) is 0 Å². The Labute approximate surface area is 227 Å². The van der Waals surface area contributed by atoms with Gasteiger partial charge in [0.05, 0.1) is 18.0 Å². The first kappa shape index (κ1) is 29.1. The lowest BCUT2D eigenvalue weighted by molar-refractivity contribution is -0.108. The zero-order chi connectivity index (χ0) is 26.9. The van der Waals surface area contributed by atoms with E-state index >= 15 is 0 Å². The number of anilines is 2. The number of aldehydes is 1. The highest BCUT2D eigenvalue weighted by Gasteiger charge is 2.36. The molecule has 2 aliphatic rings. The zero-order valence-electron chi connectivity index (χ0n) is 23.1. The van der Waals surface area contributed by atoms with Crippen LogP contribution in [0.5, 0.6) is 0 Å².